The van der Waals surface area contributed by atoms with E-state index in [1.807, 2.05) is 133 Å². The molecule has 234 valence electrons. The molecule has 7 aromatic carbocycles. The second-order valence-corrected chi connectivity index (χ2v) is 12.4. The molecule has 0 saturated carbocycles. The Hall–Kier alpha value is -7.03. The molecule has 0 saturated heterocycles. The molecular formula is C45H27N3O2. The number of amides is 2. The van der Waals surface area contributed by atoms with E-state index in [2.05, 4.69) is 28.8 Å². The first-order valence-corrected chi connectivity index (χ1v) is 16.4. The number of aromatic nitrogens is 1. The molecule has 0 fully saturated rings. The Morgan fingerprint density at radius 3 is 1.84 bits per heavy atom. The highest BCUT2D eigenvalue weighted by atomic mass is 16.2. The zero-order chi connectivity index (χ0) is 33.8. The Morgan fingerprint density at radius 1 is 0.440 bits per heavy atom. The average molecular weight is 642 g/mol. The average Bonchev–Trinajstić information content (AvgIpc) is 3.65. The van der Waals surface area contributed by atoms with Crippen LogP contribution in [0.1, 0.15) is 26.3 Å². The smallest absolute Gasteiger partial charge is 0.268 e. The molecule has 0 atom stereocenters. The van der Waals surface area contributed by atoms with Crippen LogP contribution in [0.5, 0.6) is 0 Å². The lowest BCUT2D eigenvalue weighted by Gasteiger charge is -2.22. The van der Waals surface area contributed by atoms with Gasteiger partial charge in [0, 0.05) is 16.3 Å². The predicted molar refractivity (Wildman–Crippen MR) is 199 cm³/mol. The van der Waals surface area contributed by atoms with Gasteiger partial charge in [-0.3, -0.25) is 9.59 Å². The van der Waals surface area contributed by atoms with E-state index in [0.717, 1.165) is 55.2 Å². The van der Waals surface area contributed by atoms with E-state index in [9.17, 15) is 14.9 Å². The predicted octanol–water partition coefficient (Wildman–Crippen LogP) is 10.5. The third-order valence-corrected chi connectivity index (χ3v) is 9.56. The van der Waals surface area contributed by atoms with Crippen molar-refractivity contribution >= 4 is 39.3 Å². The largest absolute Gasteiger partial charge is 0.308 e. The van der Waals surface area contributed by atoms with Crippen molar-refractivity contribution in [3.05, 3.63) is 180 Å². The summed E-state index contributed by atoms with van der Waals surface area (Å²) in [5, 5.41) is 11.5. The van der Waals surface area contributed by atoms with Gasteiger partial charge in [0.1, 0.15) is 0 Å². The van der Waals surface area contributed by atoms with Gasteiger partial charge >= 0.3 is 0 Å². The Labute approximate surface area is 288 Å². The lowest BCUT2D eigenvalue weighted by Crippen LogP contribution is -2.30. The maximum Gasteiger partial charge on any atom is 0.268 e. The van der Waals surface area contributed by atoms with E-state index in [0.29, 0.717) is 28.1 Å². The first-order valence-electron chi connectivity index (χ1n) is 16.4. The summed E-state index contributed by atoms with van der Waals surface area (Å²) in [4.78, 5) is 30.6. The highest BCUT2D eigenvalue weighted by Crippen LogP contribution is 2.44. The highest BCUT2D eigenvalue weighted by Gasteiger charge is 2.40. The lowest BCUT2D eigenvalue weighted by molar-refractivity contribution is 0.0926. The molecule has 5 heteroatoms. The van der Waals surface area contributed by atoms with Gasteiger partial charge in [-0.2, -0.15) is 5.26 Å². The van der Waals surface area contributed by atoms with Crippen LogP contribution in [0.4, 0.5) is 5.69 Å². The Morgan fingerprint density at radius 2 is 1.06 bits per heavy atom. The quantitative estimate of drug-likeness (QED) is 0.176. The fourth-order valence-electron chi connectivity index (χ4n) is 7.35. The normalized spacial score (nSPS) is 12.4. The molecule has 1 aliphatic heterocycles. The molecule has 0 unspecified atom stereocenters. The maximum absolute atomic E-state index is 14.8. The van der Waals surface area contributed by atoms with Crippen LogP contribution >= 0.6 is 0 Å². The third-order valence-electron chi connectivity index (χ3n) is 9.56. The van der Waals surface area contributed by atoms with E-state index in [1.54, 1.807) is 12.1 Å². The number of rotatable bonds is 5. The number of anilines is 1. The maximum atomic E-state index is 14.8. The molecule has 0 N–H and O–H groups in total. The van der Waals surface area contributed by atoms with Crippen molar-refractivity contribution in [2.75, 3.05) is 4.90 Å². The van der Waals surface area contributed by atoms with Gasteiger partial charge in [0.25, 0.3) is 11.8 Å². The minimum Gasteiger partial charge on any atom is -0.308 e. The van der Waals surface area contributed by atoms with Crippen molar-refractivity contribution < 1.29 is 9.59 Å². The summed E-state index contributed by atoms with van der Waals surface area (Å²) < 4.78 is 2.09. The van der Waals surface area contributed by atoms with Crippen LogP contribution in [0.3, 0.4) is 0 Å². The molecular weight excluding hydrogens is 615 g/mol. The molecule has 8 aromatic rings. The number of nitrogens with zero attached hydrogens (tertiary/aromatic N) is 3. The minimum absolute atomic E-state index is 0.352. The van der Waals surface area contributed by atoms with E-state index >= 15 is 0 Å². The number of benzene rings is 7. The van der Waals surface area contributed by atoms with Crippen molar-refractivity contribution in [1.29, 1.82) is 5.26 Å². The fraction of sp³-hybridized carbons (Fsp3) is 0. The van der Waals surface area contributed by atoms with Gasteiger partial charge in [0.05, 0.1) is 45.2 Å². The second-order valence-electron chi connectivity index (χ2n) is 12.4. The summed E-state index contributed by atoms with van der Waals surface area (Å²) in [5.41, 5.74) is 9.96. The highest BCUT2D eigenvalue weighted by molar-refractivity contribution is 6.36. The molecule has 2 amide bonds. The van der Waals surface area contributed by atoms with Crippen LogP contribution < -0.4 is 4.90 Å². The number of nitriles is 1. The minimum atomic E-state index is -0.362. The van der Waals surface area contributed by atoms with Crippen molar-refractivity contribution in [2.24, 2.45) is 0 Å². The van der Waals surface area contributed by atoms with Crippen LogP contribution in [0, 0.1) is 11.3 Å². The summed E-state index contributed by atoms with van der Waals surface area (Å²) in [6, 6.07) is 55.4. The number of para-hydroxylation sites is 1. The van der Waals surface area contributed by atoms with Crippen molar-refractivity contribution in [3.63, 3.8) is 0 Å². The number of hydrogen-bond acceptors (Lipinski definition) is 3. The summed E-state index contributed by atoms with van der Waals surface area (Å²) in [6.45, 7) is 0. The number of imide groups is 1. The van der Waals surface area contributed by atoms with Crippen molar-refractivity contribution in [1.82, 2.24) is 4.57 Å². The van der Waals surface area contributed by atoms with Crippen LogP contribution in [-0.2, 0) is 0 Å². The van der Waals surface area contributed by atoms with Gasteiger partial charge < -0.3 is 4.57 Å². The summed E-state index contributed by atoms with van der Waals surface area (Å²) in [6.07, 6.45) is 0. The van der Waals surface area contributed by atoms with Crippen LogP contribution in [0.15, 0.2) is 164 Å². The summed E-state index contributed by atoms with van der Waals surface area (Å²) in [5.74, 6) is -0.714. The molecule has 0 aliphatic carbocycles. The number of hydrogen-bond donors (Lipinski definition) is 0. The topological polar surface area (TPSA) is 66.1 Å². The number of carbonyl (C=O) groups is 2. The second kappa shape index (κ2) is 11.6. The van der Waals surface area contributed by atoms with Crippen molar-refractivity contribution in [3.8, 4) is 45.1 Å². The Bertz CT molecular complexity index is 2700. The monoisotopic (exact) mass is 641 g/mol. The first kappa shape index (κ1) is 29.1. The molecule has 9 rings (SSSR count). The summed E-state index contributed by atoms with van der Waals surface area (Å²) in [7, 11) is 0. The molecule has 1 aromatic heterocycles. The first-order chi connectivity index (χ1) is 24.6. The fourth-order valence-corrected chi connectivity index (χ4v) is 7.35. The molecule has 0 radical (unpaired) electrons. The molecule has 0 bridgehead atoms. The molecule has 0 spiro atoms. The number of fused-ring (bicyclic) bond motifs is 4. The standard InChI is InChI=1S/C45H27N3O2/c46-28-29-12-9-17-32(26-29)33-24-25-39-37(27-33)35-18-7-8-21-38(35)47(39)41-23-11-20-36-43(41)45(50)48(44(36)49)40-22-10-19-34(30-13-3-1-4-14-30)42(40)31-15-5-2-6-16-31/h1-27H. The van der Waals surface area contributed by atoms with Crippen LogP contribution in [-0.4, -0.2) is 16.4 Å². The SMILES string of the molecule is N#Cc1cccc(-c2ccc3c(c2)c2ccccc2n3-c2cccc3c2C(=O)N(c2cccc(-c4ccccc4)c2-c2ccccc2)C3=O)c1. The molecule has 1 aliphatic rings. The van der Waals surface area contributed by atoms with Crippen LogP contribution in [0.25, 0.3) is 60.9 Å². The van der Waals surface area contributed by atoms with Crippen LogP contribution in [0.2, 0.25) is 0 Å². The third kappa shape index (κ3) is 4.47. The molecule has 5 nitrogen and oxygen atoms in total. The van der Waals surface area contributed by atoms with Gasteiger partial charge in [-0.15, -0.1) is 0 Å². The van der Waals surface area contributed by atoms with Crippen molar-refractivity contribution in [2.45, 2.75) is 0 Å². The van der Waals surface area contributed by atoms with Gasteiger partial charge in [0.2, 0.25) is 0 Å². The van der Waals surface area contributed by atoms with E-state index in [-0.39, 0.29) is 11.8 Å². The zero-order valence-electron chi connectivity index (χ0n) is 26.7. The van der Waals surface area contributed by atoms with E-state index < -0.39 is 0 Å². The molecule has 50 heavy (non-hydrogen) atoms. The van der Waals surface area contributed by atoms with E-state index in [1.165, 1.54) is 4.90 Å². The number of carbonyl (C=O) groups excluding carboxylic acids is 2. The lowest BCUT2D eigenvalue weighted by atomic mass is 9.92. The Kier molecular flexibility index (Phi) is 6.75. The summed E-state index contributed by atoms with van der Waals surface area (Å²) >= 11 is 0. The van der Waals surface area contributed by atoms with Gasteiger partial charge in [-0.05, 0) is 76.3 Å². The van der Waals surface area contributed by atoms with E-state index in [4.69, 9.17) is 0 Å². The zero-order valence-corrected chi connectivity index (χ0v) is 26.7. The van der Waals surface area contributed by atoms with Gasteiger partial charge in [0.15, 0.2) is 0 Å². The van der Waals surface area contributed by atoms with Gasteiger partial charge in [-0.25, -0.2) is 4.90 Å². The van der Waals surface area contributed by atoms with Gasteiger partial charge in [-0.1, -0.05) is 115 Å². The Balaban J connectivity index is 1.24. The molecule has 2 heterocycles.